The first-order valence-corrected chi connectivity index (χ1v) is 16.0. The van der Waals surface area contributed by atoms with Gasteiger partial charge in [0, 0.05) is 39.3 Å². The molecule has 6 atom stereocenters. The molecule has 0 unspecified atom stereocenters. The first kappa shape index (κ1) is 36.0. The average Bonchev–Trinajstić information content (AvgIpc) is 3.71. The molecule has 45 heavy (non-hydrogen) atoms. The van der Waals surface area contributed by atoms with Crippen LogP contribution in [0.3, 0.4) is 0 Å². The molecule has 0 saturated carbocycles. The molecule has 0 spiro atoms. The largest absolute Gasteiger partial charge is 1.00 e. The van der Waals surface area contributed by atoms with Crippen LogP contribution in [0, 0.1) is 0 Å². The third kappa shape index (κ3) is 8.55. The number of hydrogen-bond donors (Lipinski definition) is 3. The van der Waals surface area contributed by atoms with Gasteiger partial charge in [0.25, 0.3) is 11.8 Å². The number of fused-ring (bicyclic) bond motifs is 4. The summed E-state index contributed by atoms with van der Waals surface area (Å²) in [6.07, 6.45) is 3.44. The van der Waals surface area contributed by atoms with Crippen molar-refractivity contribution in [2.45, 2.75) is 74.9 Å². The minimum absolute atomic E-state index is 0. The predicted octanol–water partition coefficient (Wildman–Crippen LogP) is -5.20. The van der Waals surface area contributed by atoms with E-state index in [1.54, 1.807) is 0 Å². The Morgan fingerprint density at radius 2 is 1.24 bits per heavy atom. The third-order valence-corrected chi connectivity index (χ3v) is 9.14. The van der Waals surface area contributed by atoms with Gasteiger partial charge in [-0.25, -0.2) is 34.0 Å². The Labute approximate surface area is 283 Å². The molecule has 0 radical (unpaired) electrons. The van der Waals surface area contributed by atoms with Gasteiger partial charge in [-0.1, -0.05) is 0 Å². The van der Waals surface area contributed by atoms with Gasteiger partial charge in [-0.15, -0.1) is 0 Å². The number of urea groups is 2. The molecule has 0 aromatic carbocycles. The maximum Gasteiger partial charge on any atom is 1.00 e. The molecule has 4 bridgehead atoms. The second-order valence-electron chi connectivity index (χ2n) is 12.0. The number of hydroxylamine groups is 6. The van der Waals surface area contributed by atoms with Crippen molar-refractivity contribution in [3.8, 4) is 0 Å². The number of hydrogen-bond acceptors (Lipinski definition) is 13. The van der Waals surface area contributed by atoms with Gasteiger partial charge in [0.2, 0.25) is 10.4 Å². The van der Waals surface area contributed by atoms with Gasteiger partial charge < -0.3 is 24.2 Å². The Bertz CT molecular complexity index is 1230. The van der Waals surface area contributed by atoms with Crippen LogP contribution in [0.25, 0.3) is 0 Å². The summed E-state index contributed by atoms with van der Waals surface area (Å²) in [5, 5.41) is 10.9. The van der Waals surface area contributed by atoms with E-state index < -0.39 is 46.5 Å². The molecular formula is C24H39N8NaO11S. The second kappa shape index (κ2) is 14.9. The SMILES string of the molecule is CN1CC[C@H](ONC(=O)[C@@H]2CC[C@@H]3CN2C(=O)N3O)C1.CN1CC[C@H](ONC(=O)[C@@H]2CC[C@@H]3CN2C(=O)N3OS(=O)(=O)[O-])C1.[Na+]. The van der Waals surface area contributed by atoms with E-state index in [0.717, 1.165) is 37.5 Å². The molecule has 21 heteroatoms. The molecular weight excluding hydrogens is 631 g/mol. The summed E-state index contributed by atoms with van der Waals surface area (Å²) in [5.41, 5.74) is 4.86. The number of nitrogens with zero attached hydrogens (tertiary/aromatic N) is 6. The van der Waals surface area contributed by atoms with Crippen LogP contribution in [0.1, 0.15) is 38.5 Å². The van der Waals surface area contributed by atoms with E-state index >= 15 is 0 Å². The Morgan fingerprint density at radius 1 is 0.778 bits per heavy atom. The normalized spacial score (nSPS) is 31.6. The van der Waals surface area contributed by atoms with E-state index in [4.69, 9.17) is 9.68 Å². The molecule has 0 aliphatic carbocycles. The molecule has 6 heterocycles. The molecule has 6 aliphatic rings. The quantitative estimate of drug-likeness (QED) is 0.0725. The Hall–Kier alpha value is -1.85. The molecule has 248 valence electrons. The van der Waals surface area contributed by atoms with Gasteiger partial charge in [0.1, 0.15) is 12.1 Å². The zero-order valence-corrected chi connectivity index (χ0v) is 28.4. The number of amides is 6. The fourth-order valence-corrected chi connectivity index (χ4v) is 6.81. The number of likely N-dealkylation sites (tertiary alicyclic amines) is 2. The number of likely N-dealkylation sites (N-methyl/N-ethyl adjacent to an activating group) is 2. The first-order valence-electron chi connectivity index (χ1n) is 14.6. The van der Waals surface area contributed by atoms with Crippen molar-refractivity contribution in [1.29, 1.82) is 0 Å². The van der Waals surface area contributed by atoms with Gasteiger partial charge in [0.05, 0.1) is 24.3 Å². The number of piperidine rings is 2. The zero-order valence-electron chi connectivity index (χ0n) is 25.6. The third-order valence-electron chi connectivity index (χ3n) is 8.79. The molecule has 6 amide bonds. The van der Waals surface area contributed by atoms with E-state index in [1.807, 2.05) is 14.1 Å². The number of carbonyl (C=O) groups is 4. The number of rotatable bonds is 8. The van der Waals surface area contributed by atoms with Crippen molar-refractivity contribution < 1.29 is 80.9 Å². The van der Waals surface area contributed by atoms with Gasteiger partial charge in [0.15, 0.2) is 0 Å². The topological polar surface area (TPSA) is 217 Å². The molecule has 0 aromatic rings. The average molecular weight is 671 g/mol. The molecule has 6 saturated heterocycles. The smallest absolute Gasteiger partial charge is 0.724 e. The second-order valence-corrected chi connectivity index (χ2v) is 13.0. The van der Waals surface area contributed by atoms with Gasteiger partial charge in [-0.05, 0) is 52.6 Å². The molecule has 6 aliphatic heterocycles. The molecule has 3 N–H and O–H groups in total. The standard InChI is InChI=1S/C12H20N4O7S.C12H20N4O4.Na/c1-14-5-4-9(7-14)22-13-11(17)10-3-2-8-6-15(10)12(18)16(8)23-24(19,20)21;1-14-5-4-9(7-14)20-13-11(17)10-3-2-8-6-15(10)12(18)16(8)19;/h8-10H,2-7H2,1H3,(H,13,17)(H,19,20,21);8-10,19H,2-7H2,1H3,(H,13,17);/q;;+1/p-1/t2*8-,9+,10+;/m11./s1. The monoisotopic (exact) mass is 670 g/mol. The molecule has 6 fully saturated rings. The summed E-state index contributed by atoms with van der Waals surface area (Å²) in [6.45, 7) is 3.86. The maximum absolute atomic E-state index is 12.3. The fourth-order valence-electron chi connectivity index (χ4n) is 6.42. The number of carbonyl (C=O) groups excluding carboxylic acids is 4. The summed E-state index contributed by atoms with van der Waals surface area (Å²) >= 11 is 0. The summed E-state index contributed by atoms with van der Waals surface area (Å²) in [6, 6.07) is -3.37. The van der Waals surface area contributed by atoms with E-state index in [1.165, 1.54) is 9.80 Å². The van der Waals surface area contributed by atoms with Crippen LogP contribution in [0.2, 0.25) is 0 Å². The predicted molar refractivity (Wildman–Crippen MR) is 144 cm³/mol. The zero-order chi connectivity index (χ0) is 31.8. The van der Waals surface area contributed by atoms with E-state index in [-0.39, 0.29) is 60.3 Å². The van der Waals surface area contributed by atoms with E-state index in [2.05, 4.69) is 25.0 Å². The van der Waals surface area contributed by atoms with Crippen molar-refractivity contribution in [1.82, 2.24) is 40.7 Å². The fraction of sp³-hybridized carbons (Fsp3) is 0.833. The first-order chi connectivity index (χ1) is 20.8. The van der Waals surface area contributed by atoms with Gasteiger partial charge >= 0.3 is 41.6 Å². The van der Waals surface area contributed by atoms with Crippen LogP contribution in [-0.2, 0) is 33.9 Å². The van der Waals surface area contributed by atoms with Crippen LogP contribution in [0.4, 0.5) is 9.59 Å². The van der Waals surface area contributed by atoms with Gasteiger partial charge in [-0.2, -0.15) is 9.35 Å². The van der Waals surface area contributed by atoms with Crippen LogP contribution in [0.5, 0.6) is 0 Å². The molecule has 19 nitrogen and oxygen atoms in total. The Kier molecular flexibility index (Phi) is 11.9. The van der Waals surface area contributed by atoms with Crippen molar-refractivity contribution in [3.05, 3.63) is 0 Å². The Balaban J connectivity index is 0.000000203. The van der Waals surface area contributed by atoms with E-state index in [0.29, 0.717) is 43.8 Å². The molecule has 6 rings (SSSR count). The van der Waals surface area contributed by atoms with Crippen molar-refractivity contribution >= 4 is 34.3 Å². The number of nitrogens with one attached hydrogen (secondary N) is 2. The van der Waals surface area contributed by atoms with Crippen molar-refractivity contribution in [2.75, 3.05) is 53.4 Å². The molecule has 0 aromatic heterocycles. The Morgan fingerprint density at radius 3 is 1.71 bits per heavy atom. The summed E-state index contributed by atoms with van der Waals surface area (Å²) in [7, 11) is -1.09. The van der Waals surface area contributed by atoms with E-state index in [9.17, 15) is 37.4 Å². The summed E-state index contributed by atoms with van der Waals surface area (Å²) in [4.78, 5) is 66.0. The summed E-state index contributed by atoms with van der Waals surface area (Å²) in [5.74, 6) is -0.773. The minimum atomic E-state index is -5.04. The van der Waals surface area contributed by atoms with Crippen LogP contribution >= 0.6 is 0 Å². The van der Waals surface area contributed by atoms with Gasteiger partial charge in [-0.3, -0.25) is 24.5 Å². The van der Waals surface area contributed by atoms with Crippen LogP contribution < -0.4 is 40.5 Å². The van der Waals surface area contributed by atoms with Crippen LogP contribution in [0.15, 0.2) is 0 Å². The minimum Gasteiger partial charge on any atom is -0.724 e. The van der Waals surface area contributed by atoms with Crippen LogP contribution in [-0.4, -0.2) is 162 Å². The van der Waals surface area contributed by atoms with Crippen molar-refractivity contribution in [2.24, 2.45) is 0 Å². The van der Waals surface area contributed by atoms with Crippen molar-refractivity contribution in [3.63, 3.8) is 0 Å². The summed E-state index contributed by atoms with van der Waals surface area (Å²) < 4.78 is 36.4. The maximum atomic E-state index is 12.3.